The third kappa shape index (κ3) is 2.69. The molecule has 2 aromatic rings. The third-order valence-corrected chi connectivity index (χ3v) is 3.73. The minimum absolute atomic E-state index is 0.238. The van der Waals surface area contributed by atoms with Crippen LogP contribution in [0.25, 0.3) is 0 Å². The molecule has 6 heteroatoms. The second kappa shape index (κ2) is 5.14. The van der Waals surface area contributed by atoms with Gasteiger partial charge in [0, 0.05) is 10.9 Å². The van der Waals surface area contributed by atoms with Gasteiger partial charge in [-0.1, -0.05) is 0 Å². The molecule has 1 unspecified atom stereocenters. The summed E-state index contributed by atoms with van der Waals surface area (Å²) in [6.45, 7) is 7.07. The van der Waals surface area contributed by atoms with Gasteiger partial charge in [-0.25, -0.2) is 4.98 Å². The number of amides is 1. The fourth-order valence-electron chi connectivity index (χ4n) is 1.82. The zero-order chi connectivity index (χ0) is 14.2. The van der Waals surface area contributed by atoms with E-state index in [2.05, 4.69) is 10.3 Å². The molecule has 2 rings (SSSR count). The summed E-state index contributed by atoms with van der Waals surface area (Å²) in [7, 11) is 0. The van der Waals surface area contributed by atoms with Gasteiger partial charge in [0.1, 0.15) is 11.5 Å². The maximum absolute atomic E-state index is 12.2. The monoisotopic (exact) mass is 280 g/mol. The number of carbonyl (C=O) groups is 1. The van der Waals surface area contributed by atoms with E-state index in [-0.39, 0.29) is 5.91 Å². The molecule has 0 spiro atoms. The molecule has 0 radical (unpaired) electrons. The van der Waals surface area contributed by atoms with Gasteiger partial charge >= 0.3 is 0 Å². The fourth-order valence-corrected chi connectivity index (χ4v) is 2.61. The lowest BCUT2D eigenvalue weighted by atomic mass is 10.1. The van der Waals surface area contributed by atoms with Crippen LogP contribution in [0, 0.1) is 20.8 Å². The van der Waals surface area contributed by atoms with Crippen molar-refractivity contribution in [2.24, 2.45) is 0 Å². The largest absolute Gasteiger partial charge is 0.466 e. The first kappa shape index (κ1) is 13.8. The molecule has 1 atom stereocenters. The Morgan fingerprint density at radius 2 is 2.11 bits per heavy atom. The lowest BCUT2D eigenvalue weighted by Gasteiger charge is -2.02. The van der Waals surface area contributed by atoms with Crippen molar-refractivity contribution in [3.8, 4) is 0 Å². The van der Waals surface area contributed by atoms with Gasteiger partial charge in [0.25, 0.3) is 5.91 Å². The van der Waals surface area contributed by atoms with E-state index in [0.29, 0.717) is 22.1 Å². The zero-order valence-corrected chi connectivity index (χ0v) is 12.1. The van der Waals surface area contributed by atoms with Crippen LogP contribution in [0.2, 0.25) is 0 Å². The van der Waals surface area contributed by atoms with Gasteiger partial charge in [0.15, 0.2) is 5.13 Å². The topological polar surface area (TPSA) is 75.4 Å². The molecule has 0 saturated heterocycles. The number of hydrogen-bond acceptors (Lipinski definition) is 5. The van der Waals surface area contributed by atoms with E-state index in [9.17, 15) is 9.90 Å². The van der Waals surface area contributed by atoms with E-state index in [1.807, 2.05) is 13.8 Å². The lowest BCUT2D eigenvalue weighted by molar-refractivity contribution is 0.102. The summed E-state index contributed by atoms with van der Waals surface area (Å²) in [5.41, 5.74) is 1.94. The Bertz CT molecular complexity index is 613. The number of aliphatic hydroxyl groups is 1. The molecule has 5 nitrogen and oxygen atoms in total. The molecule has 0 aromatic carbocycles. The van der Waals surface area contributed by atoms with Gasteiger partial charge in [-0.05, 0) is 27.7 Å². The van der Waals surface area contributed by atoms with Crippen molar-refractivity contribution >= 4 is 22.4 Å². The molecule has 0 bridgehead atoms. The first-order chi connectivity index (χ1) is 8.90. The second-order valence-corrected chi connectivity index (χ2v) is 5.28. The van der Waals surface area contributed by atoms with E-state index >= 15 is 0 Å². The number of thiazole rings is 1. The molecule has 2 aromatic heterocycles. The number of nitrogens with zero attached hydrogens (tertiary/aromatic N) is 1. The summed E-state index contributed by atoms with van der Waals surface area (Å²) in [5.74, 6) is 1.10. The number of nitrogens with one attached hydrogen (secondary N) is 1. The van der Waals surface area contributed by atoms with Gasteiger partial charge in [0.2, 0.25) is 0 Å². The van der Waals surface area contributed by atoms with E-state index < -0.39 is 6.10 Å². The summed E-state index contributed by atoms with van der Waals surface area (Å²) >= 11 is 1.29. The highest BCUT2D eigenvalue weighted by atomic mass is 32.1. The van der Waals surface area contributed by atoms with Crippen LogP contribution in [0.4, 0.5) is 5.13 Å². The van der Waals surface area contributed by atoms with Crippen LogP contribution in [0.3, 0.4) is 0 Å². The molecule has 1 amide bonds. The molecule has 0 aliphatic heterocycles. The SMILES string of the molecule is Cc1oc(C)c(C(=O)Nc2nc(C(C)O)cs2)c1C. The molecule has 0 aliphatic carbocycles. The Morgan fingerprint density at radius 1 is 1.42 bits per heavy atom. The maximum Gasteiger partial charge on any atom is 0.261 e. The van der Waals surface area contributed by atoms with E-state index in [1.54, 1.807) is 19.2 Å². The minimum Gasteiger partial charge on any atom is -0.466 e. The number of carbonyl (C=O) groups excluding carboxylic acids is 1. The van der Waals surface area contributed by atoms with E-state index in [4.69, 9.17) is 4.42 Å². The molecular formula is C13H16N2O3S. The van der Waals surface area contributed by atoms with Gasteiger partial charge in [-0.15, -0.1) is 11.3 Å². The Hall–Kier alpha value is -1.66. The first-order valence-electron chi connectivity index (χ1n) is 5.91. The van der Waals surface area contributed by atoms with Crippen molar-refractivity contribution in [2.75, 3.05) is 5.32 Å². The predicted molar refractivity (Wildman–Crippen MR) is 73.6 cm³/mol. The lowest BCUT2D eigenvalue weighted by Crippen LogP contribution is -2.13. The van der Waals surface area contributed by atoms with Crippen LogP contribution in [-0.4, -0.2) is 16.0 Å². The molecule has 0 fully saturated rings. The van der Waals surface area contributed by atoms with Crippen LogP contribution >= 0.6 is 11.3 Å². The van der Waals surface area contributed by atoms with Crippen molar-refractivity contribution in [1.29, 1.82) is 0 Å². The number of aryl methyl sites for hydroxylation is 2. The molecule has 19 heavy (non-hydrogen) atoms. The Balaban J connectivity index is 2.21. The molecular weight excluding hydrogens is 264 g/mol. The summed E-state index contributed by atoms with van der Waals surface area (Å²) in [6.07, 6.45) is -0.637. The minimum atomic E-state index is -0.637. The van der Waals surface area contributed by atoms with Crippen molar-refractivity contribution in [3.05, 3.63) is 33.7 Å². The van der Waals surface area contributed by atoms with Gasteiger partial charge in [-0.2, -0.15) is 0 Å². The van der Waals surface area contributed by atoms with Crippen molar-refractivity contribution < 1.29 is 14.3 Å². The van der Waals surface area contributed by atoms with Crippen LogP contribution in [0.5, 0.6) is 0 Å². The number of aromatic nitrogens is 1. The summed E-state index contributed by atoms with van der Waals surface area (Å²) < 4.78 is 5.43. The molecule has 102 valence electrons. The Kier molecular flexibility index (Phi) is 3.73. The van der Waals surface area contributed by atoms with Crippen molar-refractivity contribution in [1.82, 2.24) is 4.98 Å². The molecule has 2 heterocycles. The van der Waals surface area contributed by atoms with Crippen molar-refractivity contribution in [2.45, 2.75) is 33.8 Å². The summed E-state index contributed by atoms with van der Waals surface area (Å²) in [5, 5.41) is 14.3. The number of hydrogen-bond donors (Lipinski definition) is 2. The zero-order valence-electron chi connectivity index (χ0n) is 11.3. The van der Waals surface area contributed by atoms with E-state index in [0.717, 1.165) is 11.3 Å². The van der Waals surface area contributed by atoms with Crippen LogP contribution < -0.4 is 5.32 Å². The van der Waals surface area contributed by atoms with Gasteiger partial charge in [0.05, 0.1) is 17.4 Å². The highest BCUT2D eigenvalue weighted by molar-refractivity contribution is 7.14. The molecule has 2 N–H and O–H groups in total. The second-order valence-electron chi connectivity index (χ2n) is 4.42. The third-order valence-electron chi connectivity index (χ3n) is 2.96. The Labute approximate surface area is 115 Å². The summed E-state index contributed by atoms with van der Waals surface area (Å²) in [4.78, 5) is 16.3. The first-order valence-corrected chi connectivity index (χ1v) is 6.79. The van der Waals surface area contributed by atoms with E-state index in [1.165, 1.54) is 11.3 Å². The van der Waals surface area contributed by atoms with Crippen LogP contribution in [0.15, 0.2) is 9.80 Å². The standard InChI is InChI=1S/C13H16N2O3S/c1-6-8(3)18-9(4)11(6)12(17)15-13-14-10(5-19-13)7(2)16/h5,7,16H,1-4H3,(H,14,15,17). The number of aliphatic hydroxyl groups excluding tert-OH is 1. The Morgan fingerprint density at radius 3 is 2.58 bits per heavy atom. The van der Waals surface area contributed by atoms with Crippen LogP contribution in [0.1, 0.15) is 46.2 Å². The number of furan rings is 1. The normalized spacial score (nSPS) is 12.5. The molecule has 0 aliphatic rings. The van der Waals surface area contributed by atoms with Gasteiger partial charge < -0.3 is 9.52 Å². The highest BCUT2D eigenvalue weighted by Crippen LogP contribution is 2.24. The maximum atomic E-state index is 12.2. The quantitative estimate of drug-likeness (QED) is 0.906. The number of anilines is 1. The fraction of sp³-hybridized carbons (Fsp3) is 0.385. The number of rotatable bonds is 3. The van der Waals surface area contributed by atoms with Crippen LogP contribution in [-0.2, 0) is 0 Å². The van der Waals surface area contributed by atoms with Gasteiger partial charge in [-0.3, -0.25) is 10.1 Å². The summed E-state index contributed by atoms with van der Waals surface area (Å²) in [6, 6.07) is 0. The average Bonchev–Trinajstić information content (AvgIpc) is 2.85. The van der Waals surface area contributed by atoms with Crippen molar-refractivity contribution in [3.63, 3.8) is 0 Å². The smallest absolute Gasteiger partial charge is 0.261 e. The predicted octanol–water partition coefficient (Wildman–Crippen LogP) is 2.97. The highest BCUT2D eigenvalue weighted by Gasteiger charge is 2.19. The average molecular weight is 280 g/mol. The molecule has 0 saturated carbocycles.